The lowest BCUT2D eigenvalue weighted by atomic mass is 10.2. The molecule has 1 heterocycles. The summed E-state index contributed by atoms with van der Waals surface area (Å²) < 4.78 is 0. The van der Waals surface area contributed by atoms with Crippen molar-refractivity contribution in [3.05, 3.63) is 24.3 Å². The molecule has 0 atom stereocenters. The molecule has 1 fully saturated rings. The van der Waals surface area contributed by atoms with Crippen LogP contribution in [0, 0.1) is 0 Å². The molecule has 1 saturated heterocycles. The van der Waals surface area contributed by atoms with Crippen molar-refractivity contribution in [1.82, 2.24) is 5.32 Å². The zero-order valence-corrected chi connectivity index (χ0v) is 9.23. The van der Waals surface area contributed by atoms with Gasteiger partial charge in [-0.1, -0.05) is 6.07 Å². The first kappa shape index (κ1) is 10.5. The number of anilines is 2. The summed E-state index contributed by atoms with van der Waals surface area (Å²) in [4.78, 5) is 26.0. The quantitative estimate of drug-likeness (QED) is 0.749. The van der Waals surface area contributed by atoms with E-state index in [2.05, 4.69) is 5.32 Å². The first-order chi connectivity index (χ1) is 7.59. The van der Waals surface area contributed by atoms with Gasteiger partial charge in [0.2, 0.25) is 0 Å². The SMILES string of the molecule is CN(C)c1cccc(N2C(=O)CNC2=O)c1. The highest BCUT2D eigenvalue weighted by molar-refractivity contribution is 6.19. The normalized spacial score (nSPS) is 15.2. The first-order valence-electron chi connectivity index (χ1n) is 4.98. The van der Waals surface area contributed by atoms with E-state index in [1.165, 1.54) is 0 Å². The summed E-state index contributed by atoms with van der Waals surface area (Å²) in [7, 11) is 3.82. The van der Waals surface area contributed by atoms with Crippen molar-refractivity contribution in [2.45, 2.75) is 0 Å². The van der Waals surface area contributed by atoms with Crippen LogP contribution < -0.4 is 15.1 Å². The highest BCUT2D eigenvalue weighted by Crippen LogP contribution is 2.22. The Balaban J connectivity index is 2.36. The molecule has 1 aromatic rings. The fraction of sp³-hybridized carbons (Fsp3) is 0.273. The van der Waals surface area contributed by atoms with E-state index in [4.69, 9.17) is 0 Å². The summed E-state index contributed by atoms with van der Waals surface area (Å²) in [5, 5.41) is 2.49. The van der Waals surface area contributed by atoms with Gasteiger partial charge in [0, 0.05) is 19.8 Å². The highest BCUT2D eigenvalue weighted by Gasteiger charge is 2.29. The maximum atomic E-state index is 11.5. The minimum Gasteiger partial charge on any atom is -0.378 e. The number of carbonyl (C=O) groups excluding carboxylic acids is 2. The number of hydrogen-bond acceptors (Lipinski definition) is 3. The van der Waals surface area contributed by atoms with Gasteiger partial charge in [-0.3, -0.25) is 4.79 Å². The molecule has 16 heavy (non-hydrogen) atoms. The fourth-order valence-corrected chi connectivity index (χ4v) is 1.59. The molecular formula is C11H13N3O2. The van der Waals surface area contributed by atoms with Crippen LogP contribution in [0.5, 0.6) is 0 Å². The van der Waals surface area contributed by atoms with Crippen LogP contribution in [0.1, 0.15) is 0 Å². The third-order valence-electron chi connectivity index (χ3n) is 2.45. The summed E-state index contributed by atoms with van der Waals surface area (Å²) >= 11 is 0. The lowest BCUT2D eigenvalue weighted by Crippen LogP contribution is -2.30. The van der Waals surface area contributed by atoms with Crippen molar-refractivity contribution in [1.29, 1.82) is 0 Å². The summed E-state index contributed by atoms with van der Waals surface area (Å²) in [6.45, 7) is 0.0744. The topological polar surface area (TPSA) is 52.6 Å². The second-order valence-electron chi connectivity index (χ2n) is 3.80. The van der Waals surface area contributed by atoms with E-state index in [9.17, 15) is 9.59 Å². The van der Waals surface area contributed by atoms with Crippen LogP contribution in [0.4, 0.5) is 16.2 Å². The monoisotopic (exact) mass is 219 g/mol. The number of hydrogen-bond donors (Lipinski definition) is 1. The highest BCUT2D eigenvalue weighted by atomic mass is 16.2. The van der Waals surface area contributed by atoms with Crippen LogP contribution in [0.2, 0.25) is 0 Å². The molecule has 5 heteroatoms. The molecular weight excluding hydrogens is 206 g/mol. The van der Waals surface area contributed by atoms with Crippen molar-refractivity contribution in [3.63, 3.8) is 0 Å². The maximum absolute atomic E-state index is 11.5. The lowest BCUT2D eigenvalue weighted by Gasteiger charge is -2.17. The average Bonchev–Trinajstić information content (AvgIpc) is 2.59. The third-order valence-corrected chi connectivity index (χ3v) is 2.45. The van der Waals surface area contributed by atoms with Crippen LogP contribution in [-0.4, -0.2) is 32.6 Å². The fourth-order valence-electron chi connectivity index (χ4n) is 1.59. The molecule has 0 aromatic heterocycles. The molecule has 0 unspecified atom stereocenters. The predicted octanol–water partition coefficient (Wildman–Crippen LogP) is 0.809. The second-order valence-corrected chi connectivity index (χ2v) is 3.80. The van der Waals surface area contributed by atoms with Gasteiger partial charge in [-0.25, -0.2) is 9.69 Å². The van der Waals surface area contributed by atoms with Gasteiger partial charge in [0.15, 0.2) is 0 Å². The molecule has 0 aliphatic carbocycles. The second kappa shape index (κ2) is 3.84. The van der Waals surface area contributed by atoms with Crippen LogP contribution >= 0.6 is 0 Å². The Hall–Kier alpha value is -2.04. The van der Waals surface area contributed by atoms with E-state index >= 15 is 0 Å². The van der Waals surface area contributed by atoms with Gasteiger partial charge >= 0.3 is 6.03 Å². The molecule has 1 aromatic carbocycles. The molecule has 3 amide bonds. The Bertz CT molecular complexity index is 427. The van der Waals surface area contributed by atoms with Crippen LogP contribution in [0.15, 0.2) is 24.3 Å². The maximum Gasteiger partial charge on any atom is 0.329 e. The van der Waals surface area contributed by atoms with E-state index in [-0.39, 0.29) is 18.5 Å². The molecule has 0 saturated carbocycles. The Labute approximate surface area is 93.6 Å². The summed E-state index contributed by atoms with van der Waals surface area (Å²) in [5.41, 5.74) is 1.55. The predicted molar refractivity (Wildman–Crippen MR) is 61.7 cm³/mol. The molecule has 5 nitrogen and oxygen atoms in total. The van der Waals surface area contributed by atoms with Gasteiger partial charge in [-0.15, -0.1) is 0 Å². The first-order valence-corrected chi connectivity index (χ1v) is 4.98. The van der Waals surface area contributed by atoms with Gasteiger partial charge in [0.1, 0.15) is 0 Å². The van der Waals surface area contributed by atoms with E-state index < -0.39 is 0 Å². The van der Waals surface area contributed by atoms with Crippen molar-refractivity contribution in [2.24, 2.45) is 0 Å². The van der Waals surface area contributed by atoms with E-state index in [1.54, 1.807) is 6.07 Å². The molecule has 1 N–H and O–H groups in total. The Morgan fingerprint density at radius 3 is 2.62 bits per heavy atom. The van der Waals surface area contributed by atoms with Gasteiger partial charge in [0.05, 0.1) is 12.2 Å². The van der Waals surface area contributed by atoms with Crippen LogP contribution in [0.25, 0.3) is 0 Å². The molecule has 2 rings (SSSR count). The number of urea groups is 1. The Morgan fingerprint density at radius 1 is 1.31 bits per heavy atom. The number of nitrogens with zero attached hydrogens (tertiary/aromatic N) is 2. The summed E-state index contributed by atoms with van der Waals surface area (Å²) in [5.74, 6) is -0.221. The summed E-state index contributed by atoms with van der Waals surface area (Å²) in [6, 6.07) is 6.94. The molecule has 1 aliphatic rings. The number of nitrogens with one attached hydrogen (secondary N) is 1. The molecule has 0 bridgehead atoms. The largest absolute Gasteiger partial charge is 0.378 e. The molecule has 1 aliphatic heterocycles. The van der Waals surface area contributed by atoms with Crippen molar-refractivity contribution >= 4 is 23.3 Å². The van der Waals surface area contributed by atoms with Crippen molar-refractivity contribution in [3.8, 4) is 0 Å². The van der Waals surface area contributed by atoms with Gasteiger partial charge in [0.25, 0.3) is 5.91 Å². The van der Waals surface area contributed by atoms with Gasteiger partial charge in [-0.2, -0.15) is 0 Å². The Morgan fingerprint density at radius 2 is 2.06 bits per heavy atom. The minimum absolute atomic E-state index is 0.0744. The zero-order chi connectivity index (χ0) is 11.7. The Kier molecular flexibility index (Phi) is 2.52. The van der Waals surface area contributed by atoms with E-state index in [0.29, 0.717) is 5.69 Å². The molecule has 84 valence electrons. The summed E-state index contributed by atoms with van der Waals surface area (Å²) in [6.07, 6.45) is 0. The smallest absolute Gasteiger partial charge is 0.329 e. The van der Waals surface area contributed by atoms with Crippen LogP contribution in [0.3, 0.4) is 0 Å². The number of amides is 3. The van der Waals surface area contributed by atoms with Crippen LogP contribution in [-0.2, 0) is 4.79 Å². The van der Waals surface area contributed by atoms with Gasteiger partial charge in [-0.05, 0) is 18.2 Å². The average molecular weight is 219 g/mol. The molecule has 0 spiro atoms. The number of benzene rings is 1. The van der Waals surface area contributed by atoms with Gasteiger partial charge < -0.3 is 10.2 Å². The minimum atomic E-state index is -0.360. The van der Waals surface area contributed by atoms with Crippen molar-refractivity contribution in [2.75, 3.05) is 30.4 Å². The lowest BCUT2D eigenvalue weighted by molar-refractivity contribution is -0.115. The molecule has 0 radical (unpaired) electrons. The number of rotatable bonds is 2. The third kappa shape index (κ3) is 1.71. The van der Waals surface area contributed by atoms with E-state index in [1.807, 2.05) is 37.2 Å². The van der Waals surface area contributed by atoms with E-state index in [0.717, 1.165) is 10.6 Å². The standard InChI is InChI=1S/C11H13N3O2/c1-13(2)8-4-3-5-9(6-8)14-10(15)7-12-11(14)16/h3-6H,7H2,1-2H3,(H,12,16). The zero-order valence-electron chi connectivity index (χ0n) is 9.23. The number of carbonyl (C=O) groups is 2. The number of imide groups is 1. The van der Waals surface area contributed by atoms with Crippen molar-refractivity contribution < 1.29 is 9.59 Å².